The molecule has 1 rings (SSSR count). The van der Waals surface area contributed by atoms with Crippen LogP contribution in [0.15, 0.2) is 18.2 Å². The Morgan fingerprint density at radius 3 is 2.68 bits per heavy atom. The molecule has 1 aromatic rings. The van der Waals surface area contributed by atoms with Gasteiger partial charge in [-0.2, -0.15) is 0 Å². The second-order valence-corrected chi connectivity index (χ2v) is 5.03. The average Bonchev–Trinajstić information content (AvgIpc) is 2.37. The normalized spacial score (nSPS) is 10.5. The van der Waals surface area contributed by atoms with Crippen LogP contribution in [0.2, 0.25) is 0 Å². The second-order valence-electron chi connectivity index (χ2n) is 5.03. The molecule has 0 fully saturated rings. The molecule has 2 N–H and O–H groups in total. The number of hydrogen-bond donors (Lipinski definition) is 2. The fourth-order valence-electron chi connectivity index (χ4n) is 1.81. The number of methoxy groups -OCH3 is 1. The standard InChI is InChI=1S/C15H23NO3/c1-11(2)6-4-5-9-16-15(18)13-8-7-12(19-3)10-14(13)17/h7-8,10-11,17H,4-6,9H2,1-3H3,(H,16,18). The van der Waals surface area contributed by atoms with E-state index in [1.54, 1.807) is 12.1 Å². The second kappa shape index (κ2) is 7.67. The van der Waals surface area contributed by atoms with Crippen LogP contribution in [0.5, 0.6) is 11.5 Å². The smallest absolute Gasteiger partial charge is 0.255 e. The first-order chi connectivity index (χ1) is 9.04. The van der Waals surface area contributed by atoms with Crippen LogP contribution in [0, 0.1) is 5.92 Å². The number of benzene rings is 1. The van der Waals surface area contributed by atoms with Crippen LogP contribution in [0.25, 0.3) is 0 Å². The summed E-state index contributed by atoms with van der Waals surface area (Å²) in [6.45, 7) is 5.01. The van der Waals surface area contributed by atoms with E-state index >= 15 is 0 Å². The molecule has 0 radical (unpaired) electrons. The Morgan fingerprint density at radius 2 is 2.11 bits per heavy atom. The number of phenolic OH excluding ortho intramolecular Hbond substituents is 1. The summed E-state index contributed by atoms with van der Waals surface area (Å²) in [5.41, 5.74) is 0.282. The van der Waals surface area contributed by atoms with Crippen LogP contribution in [0.1, 0.15) is 43.5 Å². The van der Waals surface area contributed by atoms with Crippen LogP contribution < -0.4 is 10.1 Å². The van der Waals surface area contributed by atoms with E-state index in [0.29, 0.717) is 18.2 Å². The van der Waals surface area contributed by atoms with Crippen LogP contribution >= 0.6 is 0 Å². The van der Waals surface area contributed by atoms with Gasteiger partial charge in [0.1, 0.15) is 11.5 Å². The molecule has 0 bridgehead atoms. The van der Waals surface area contributed by atoms with Gasteiger partial charge in [0, 0.05) is 12.6 Å². The average molecular weight is 265 g/mol. The molecule has 4 nitrogen and oxygen atoms in total. The van der Waals surface area contributed by atoms with Crippen molar-refractivity contribution in [3.8, 4) is 11.5 Å². The molecular weight excluding hydrogens is 242 g/mol. The Morgan fingerprint density at radius 1 is 1.37 bits per heavy atom. The van der Waals surface area contributed by atoms with Crippen molar-refractivity contribution in [1.82, 2.24) is 5.32 Å². The van der Waals surface area contributed by atoms with E-state index in [1.807, 2.05) is 0 Å². The third kappa shape index (κ3) is 5.20. The summed E-state index contributed by atoms with van der Waals surface area (Å²) in [4.78, 5) is 11.9. The summed E-state index contributed by atoms with van der Waals surface area (Å²) < 4.78 is 4.97. The summed E-state index contributed by atoms with van der Waals surface area (Å²) in [6, 6.07) is 4.67. The predicted molar refractivity (Wildman–Crippen MR) is 75.7 cm³/mol. The molecule has 0 aliphatic carbocycles. The van der Waals surface area contributed by atoms with Gasteiger partial charge >= 0.3 is 0 Å². The highest BCUT2D eigenvalue weighted by Gasteiger charge is 2.11. The summed E-state index contributed by atoms with van der Waals surface area (Å²) >= 11 is 0. The van der Waals surface area contributed by atoms with E-state index in [-0.39, 0.29) is 17.2 Å². The molecule has 0 aromatic heterocycles. The Labute approximate surface area is 114 Å². The number of amides is 1. The molecule has 0 atom stereocenters. The zero-order valence-electron chi connectivity index (χ0n) is 11.9. The Balaban J connectivity index is 2.41. The van der Waals surface area contributed by atoms with Crippen molar-refractivity contribution in [2.24, 2.45) is 5.92 Å². The summed E-state index contributed by atoms with van der Waals surface area (Å²) in [7, 11) is 1.52. The van der Waals surface area contributed by atoms with Gasteiger partial charge in [-0.25, -0.2) is 0 Å². The van der Waals surface area contributed by atoms with Gasteiger partial charge in [-0.1, -0.05) is 26.7 Å². The fourth-order valence-corrected chi connectivity index (χ4v) is 1.81. The minimum absolute atomic E-state index is 0.0565. The van der Waals surface area contributed by atoms with Crippen molar-refractivity contribution in [3.63, 3.8) is 0 Å². The van der Waals surface area contributed by atoms with E-state index in [4.69, 9.17) is 4.74 Å². The number of phenols is 1. The number of unbranched alkanes of at least 4 members (excludes halogenated alkanes) is 1. The summed E-state index contributed by atoms with van der Waals surface area (Å²) in [5, 5.41) is 12.5. The lowest BCUT2D eigenvalue weighted by Gasteiger charge is -2.08. The van der Waals surface area contributed by atoms with E-state index in [9.17, 15) is 9.90 Å². The highest BCUT2D eigenvalue weighted by Crippen LogP contribution is 2.23. The largest absolute Gasteiger partial charge is 0.507 e. The van der Waals surface area contributed by atoms with Gasteiger partial charge in [-0.3, -0.25) is 4.79 Å². The first kappa shape index (κ1) is 15.3. The van der Waals surface area contributed by atoms with Crippen molar-refractivity contribution in [2.45, 2.75) is 33.1 Å². The maximum absolute atomic E-state index is 11.9. The van der Waals surface area contributed by atoms with Crippen molar-refractivity contribution in [2.75, 3.05) is 13.7 Å². The number of ether oxygens (including phenoxy) is 1. The molecule has 19 heavy (non-hydrogen) atoms. The van der Waals surface area contributed by atoms with Crippen molar-refractivity contribution >= 4 is 5.91 Å². The SMILES string of the molecule is COc1ccc(C(=O)NCCCCC(C)C)c(O)c1. The van der Waals surface area contributed by atoms with Crippen LogP contribution in [0.4, 0.5) is 0 Å². The molecule has 0 spiro atoms. The predicted octanol–water partition coefficient (Wildman–Crippen LogP) is 2.96. The van der Waals surface area contributed by atoms with Gasteiger partial charge in [0.05, 0.1) is 12.7 Å². The third-order valence-corrected chi connectivity index (χ3v) is 2.94. The Hall–Kier alpha value is -1.71. The zero-order chi connectivity index (χ0) is 14.3. The maximum atomic E-state index is 11.9. The molecule has 0 aliphatic heterocycles. The van der Waals surface area contributed by atoms with Gasteiger partial charge in [0.2, 0.25) is 0 Å². The van der Waals surface area contributed by atoms with E-state index in [0.717, 1.165) is 12.8 Å². The molecule has 0 saturated heterocycles. The molecular formula is C15H23NO3. The Bertz CT molecular complexity index is 416. The van der Waals surface area contributed by atoms with Gasteiger partial charge in [-0.15, -0.1) is 0 Å². The number of rotatable bonds is 7. The molecule has 0 unspecified atom stereocenters. The quantitative estimate of drug-likeness (QED) is 0.745. The molecule has 106 valence electrons. The molecule has 1 amide bonds. The lowest BCUT2D eigenvalue weighted by Crippen LogP contribution is -2.24. The number of carbonyl (C=O) groups is 1. The van der Waals surface area contributed by atoms with E-state index in [2.05, 4.69) is 19.2 Å². The third-order valence-electron chi connectivity index (χ3n) is 2.94. The Kier molecular flexibility index (Phi) is 6.19. The maximum Gasteiger partial charge on any atom is 0.255 e. The lowest BCUT2D eigenvalue weighted by atomic mass is 10.1. The van der Waals surface area contributed by atoms with Gasteiger partial charge in [0.25, 0.3) is 5.91 Å². The van der Waals surface area contributed by atoms with Gasteiger partial charge < -0.3 is 15.2 Å². The molecule has 0 saturated carbocycles. The number of carbonyl (C=O) groups excluding carboxylic acids is 1. The fraction of sp³-hybridized carbons (Fsp3) is 0.533. The summed E-state index contributed by atoms with van der Waals surface area (Å²) in [6.07, 6.45) is 3.23. The number of aromatic hydroxyl groups is 1. The topological polar surface area (TPSA) is 58.6 Å². The lowest BCUT2D eigenvalue weighted by molar-refractivity contribution is 0.0950. The number of nitrogens with one attached hydrogen (secondary N) is 1. The number of hydrogen-bond acceptors (Lipinski definition) is 3. The van der Waals surface area contributed by atoms with Crippen molar-refractivity contribution in [3.05, 3.63) is 23.8 Å². The van der Waals surface area contributed by atoms with Gasteiger partial charge in [-0.05, 0) is 24.5 Å². The van der Waals surface area contributed by atoms with Crippen LogP contribution in [-0.2, 0) is 0 Å². The van der Waals surface area contributed by atoms with Crippen molar-refractivity contribution in [1.29, 1.82) is 0 Å². The van der Waals surface area contributed by atoms with Crippen molar-refractivity contribution < 1.29 is 14.6 Å². The van der Waals surface area contributed by atoms with Crippen LogP contribution in [-0.4, -0.2) is 24.7 Å². The molecule has 0 aliphatic rings. The highest BCUT2D eigenvalue weighted by atomic mass is 16.5. The molecule has 0 heterocycles. The summed E-state index contributed by atoms with van der Waals surface area (Å²) in [5.74, 6) is 0.927. The monoisotopic (exact) mass is 265 g/mol. The van der Waals surface area contributed by atoms with E-state index in [1.165, 1.54) is 19.6 Å². The zero-order valence-corrected chi connectivity index (χ0v) is 11.9. The van der Waals surface area contributed by atoms with Crippen LogP contribution in [0.3, 0.4) is 0 Å². The first-order valence-electron chi connectivity index (χ1n) is 6.69. The molecule has 4 heteroatoms. The first-order valence-corrected chi connectivity index (χ1v) is 6.69. The van der Waals surface area contributed by atoms with Gasteiger partial charge in [0.15, 0.2) is 0 Å². The minimum Gasteiger partial charge on any atom is -0.507 e. The molecule has 1 aromatic carbocycles. The van der Waals surface area contributed by atoms with E-state index < -0.39 is 0 Å². The highest BCUT2D eigenvalue weighted by molar-refractivity contribution is 5.96. The minimum atomic E-state index is -0.246.